The van der Waals surface area contributed by atoms with Gasteiger partial charge in [-0.15, -0.1) is 0 Å². The lowest BCUT2D eigenvalue weighted by Crippen LogP contribution is -2.30. The minimum atomic E-state index is -1.00. The molecule has 3 rings (SSSR count). The number of ether oxygens (including phenoxy) is 2. The molecule has 0 aliphatic heterocycles. The van der Waals surface area contributed by atoms with Crippen molar-refractivity contribution in [1.82, 2.24) is 9.97 Å². The summed E-state index contributed by atoms with van der Waals surface area (Å²) in [4.78, 5) is 43.2. The standard InChI is InChI=1S/C20H19N3O5/c1-3-27-19(25)13-4-7-15(8-5-13)23-18(24)12(2)28-20(26)14-6-9-16-17(10-14)22-11-21-16/h4-12H,3H2,1-2H3,(H,21,22)(H,23,24). The Morgan fingerprint density at radius 2 is 1.79 bits per heavy atom. The molecule has 8 heteroatoms. The first kappa shape index (κ1) is 19.1. The molecule has 144 valence electrons. The second kappa shape index (κ2) is 8.34. The van der Waals surface area contributed by atoms with Crippen molar-refractivity contribution >= 4 is 34.6 Å². The number of carbonyl (C=O) groups is 3. The van der Waals surface area contributed by atoms with Crippen LogP contribution in [0.2, 0.25) is 0 Å². The van der Waals surface area contributed by atoms with Gasteiger partial charge in [0.2, 0.25) is 0 Å². The van der Waals surface area contributed by atoms with Crippen LogP contribution in [0.25, 0.3) is 11.0 Å². The maximum Gasteiger partial charge on any atom is 0.338 e. The molecule has 0 aliphatic rings. The second-order valence-corrected chi connectivity index (χ2v) is 5.97. The largest absolute Gasteiger partial charge is 0.462 e. The molecule has 0 saturated carbocycles. The predicted molar refractivity (Wildman–Crippen MR) is 102 cm³/mol. The minimum absolute atomic E-state index is 0.285. The molecule has 1 atom stereocenters. The zero-order valence-electron chi connectivity index (χ0n) is 15.4. The quantitative estimate of drug-likeness (QED) is 0.635. The Morgan fingerprint density at radius 1 is 1.07 bits per heavy atom. The molecule has 0 fully saturated rings. The first-order chi connectivity index (χ1) is 13.5. The highest BCUT2D eigenvalue weighted by Crippen LogP contribution is 2.15. The van der Waals surface area contributed by atoms with E-state index >= 15 is 0 Å². The van der Waals surface area contributed by atoms with Crippen molar-refractivity contribution in [2.24, 2.45) is 0 Å². The van der Waals surface area contributed by atoms with Gasteiger partial charge >= 0.3 is 11.9 Å². The lowest BCUT2D eigenvalue weighted by molar-refractivity contribution is -0.123. The number of hydrogen-bond donors (Lipinski definition) is 2. The zero-order valence-corrected chi connectivity index (χ0v) is 15.4. The molecule has 0 saturated heterocycles. The normalized spacial score (nSPS) is 11.6. The van der Waals surface area contributed by atoms with Gasteiger partial charge in [-0.05, 0) is 56.3 Å². The molecule has 1 amide bonds. The van der Waals surface area contributed by atoms with Crippen LogP contribution >= 0.6 is 0 Å². The maximum absolute atomic E-state index is 12.3. The number of imidazole rings is 1. The number of esters is 2. The van der Waals surface area contributed by atoms with Crippen molar-refractivity contribution in [3.05, 3.63) is 59.9 Å². The number of hydrogen-bond acceptors (Lipinski definition) is 6. The van der Waals surface area contributed by atoms with Crippen LogP contribution in [0.5, 0.6) is 0 Å². The fraction of sp³-hybridized carbons (Fsp3) is 0.200. The molecule has 0 radical (unpaired) electrons. The molecule has 8 nitrogen and oxygen atoms in total. The number of benzene rings is 2. The monoisotopic (exact) mass is 381 g/mol. The van der Waals surface area contributed by atoms with Crippen LogP contribution in [0.1, 0.15) is 34.6 Å². The van der Waals surface area contributed by atoms with E-state index in [9.17, 15) is 14.4 Å². The second-order valence-electron chi connectivity index (χ2n) is 5.97. The Morgan fingerprint density at radius 3 is 2.50 bits per heavy atom. The average molecular weight is 381 g/mol. The fourth-order valence-corrected chi connectivity index (χ4v) is 2.49. The Labute approximate surface area is 160 Å². The molecule has 2 N–H and O–H groups in total. The molecule has 1 heterocycles. The third-order valence-corrected chi connectivity index (χ3v) is 3.97. The van der Waals surface area contributed by atoms with Crippen molar-refractivity contribution in [2.75, 3.05) is 11.9 Å². The van der Waals surface area contributed by atoms with Gasteiger partial charge in [0.15, 0.2) is 6.10 Å². The summed E-state index contributed by atoms with van der Waals surface area (Å²) in [6.45, 7) is 3.49. The van der Waals surface area contributed by atoms with Gasteiger partial charge < -0.3 is 19.8 Å². The average Bonchev–Trinajstić information content (AvgIpc) is 3.16. The lowest BCUT2D eigenvalue weighted by Gasteiger charge is -2.14. The number of amides is 1. The predicted octanol–water partition coefficient (Wildman–Crippen LogP) is 2.92. The van der Waals surface area contributed by atoms with Crippen molar-refractivity contribution in [3.8, 4) is 0 Å². The smallest absolute Gasteiger partial charge is 0.338 e. The summed E-state index contributed by atoms with van der Waals surface area (Å²) in [6, 6.07) is 11.1. The van der Waals surface area contributed by atoms with Gasteiger partial charge in [-0.2, -0.15) is 0 Å². The van der Waals surface area contributed by atoms with E-state index < -0.39 is 23.9 Å². The number of nitrogens with zero attached hydrogens (tertiary/aromatic N) is 1. The van der Waals surface area contributed by atoms with Gasteiger partial charge in [-0.1, -0.05) is 0 Å². The summed E-state index contributed by atoms with van der Waals surface area (Å²) >= 11 is 0. The number of aromatic amines is 1. The highest BCUT2D eigenvalue weighted by molar-refractivity contribution is 5.99. The van der Waals surface area contributed by atoms with Gasteiger partial charge in [0.05, 0.1) is 35.1 Å². The zero-order chi connectivity index (χ0) is 20.1. The summed E-state index contributed by atoms with van der Waals surface area (Å²) in [5.41, 5.74) is 2.60. The van der Waals surface area contributed by atoms with Crippen LogP contribution in [-0.2, 0) is 14.3 Å². The minimum Gasteiger partial charge on any atom is -0.462 e. The topological polar surface area (TPSA) is 110 Å². The third kappa shape index (κ3) is 4.35. The van der Waals surface area contributed by atoms with Crippen LogP contribution < -0.4 is 5.32 Å². The van der Waals surface area contributed by atoms with Crippen molar-refractivity contribution in [3.63, 3.8) is 0 Å². The Hall–Kier alpha value is -3.68. The molecular weight excluding hydrogens is 362 g/mol. The summed E-state index contributed by atoms with van der Waals surface area (Å²) in [7, 11) is 0. The number of nitrogens with one attached hydrogen (secondary N) is 2. The number of rotatable bonds is 6. The van der Waals surface area contributed by atoms with E-state index in [1.54, 1.807) is 49.4 Å². The molecule has 28 heavy (non-hydrogen) atoms. The van der Waals surface area contributed by atoms with Crippen LogP contribution in [-0.4, -0.2) is 40.5 Å². The van der Waals surface area contributed by atoms with Crippen LogP contribution in [0.3, 0.4) is 0 Å². The Kier molecular flexibility index (Phi) is 5.69. The van der Waals surface area contributed by atoms with E-state index in [-0.39, 0.29) is 6.61 Å². The van der Waals surface area contributed by atoms with Crippen LogP contribution in [0.4, 0.5) is 5.69 Å². The fourth-order valence-electron chi connectivity index (χ4n) is 2.49. The first-order valence-electron chi connectivity index (χ1n) is 8.70. The first-order valence-corrected chi connectivity index (χ1v) is 8.70. The van der Waals surface area contributed by atoms with E-state index in [1.165, 1.54) is 13.3 Å². The Bertz CT molecular complexity index is 1010. The van der Waals surface area contributed by atoms with Crippen molar-refractivity contribution < 1.29 is 23.9 Å². The molecule has 3 aromatic rings. The van der Waals surface area contributed by atoms with Gasteiger partial charge in [0.1, 0.15) is 0 Å². The highest BCUT2D eigenvalue weighted by Gasteiger charge is 2.19. The van der Waals surface area contributed by atoms with E-state index in [4.69, 9.17) is 9.47 Å². The molecule has 0 bridgehead atoms. The number of carbonyl (C=O) groups excluding carboxylic acids is 3. The molecule has 1 unspecified atom stereocenters. The van der Waals surface area contributed by atoms with E-state index in [2.05, 4.69) is 15.3 Å². The number of H-pyrrole nitrogens is 1. The summed E-state index contributed by atoms with van der Waals surface area (Å²) in [5, 5.41) is 2.64. The van der Waals surface area contributed by atoms with Gasteiger partial charge in [0, 0.05) is 5.69 Å². The van der Waals surface area contributed by atoms with Crippen molar-refractivity contribution in [1.29, 1.82) is 0 Å². The van der Waals surface area contributed by atoms with E-state index in [1.807, 2.05) is 0 Å². The lowest BCUT2D eigenvalue weighted by atomic mass is 10.2. The van der Waals surface area contributed by atoms with Gasteiger partial charge in [-0.3, -0.25) is 4.79 Å². The number of fused-ring (bicyclic) bond motifs is 1. The van der Waals surface area contributed by atoms with E-state index in [0.717, 1.165) is 5.52 Å². The highest BCUT2D eigenvalue weighted by atomic mass is 16.5. The summed E-state index contributed by atoms with van der Waals surface area (Å²) in [6.07, 6.45) is 0.526. The molecule has 0 aliphatic carbocycles. The number of aromatic nitrogens is 2. The van der Waals surface area contributed by atoms with E-state index in [0.29, 0.717) is 22.3 Å². The number of anilines is 1. The van der Waals surface area contributed by atoms with Gasteiger partial charge in [0.25, 0.3) is 5.91 Å². The SMILES string of the molecule is CCOC(=O)c1ccc(NC(=O)C(C)OC(=O)c2ccc3nc[nH]c3c2)cc1. The maximum atomic E-state index is 12.3. The summed E-state index contributed by atoms with van der Waals surface area (Å²) < 4.78 is 10.1. The Balaban J connectivity index is 1.59. The van der Waals surface area contributed by atoms with Crippen LogP contribution in [0.15, 0.2) is 48.8 Å². The molecule has 2 aromatic carbocycles. The molecular formula is C20H19N3O5. The van der Waals surface area contributed by atoms with Gasteiger partial charge in [-0.25, -0.2) is 14.6 Å². The summed E-state index contributed by atoms with van der Waals surface area (Å²) in [5.74, 6) is -1.53. The third-order valence-electron chi connectivity index (χ3n) is 3.97. The molecule has 0 spiro atoms. The van der Waals surface area contributed by atoms with Crippen LogP contribution in [0, 0.1) is 0 Å². The molecule has 1 aromatic heterocycles. The van der Waals surface area contributed by atoms with Crippen molar-refractivity contribution in [2.45, 2.75) is 20.0 Å².